The summed E-state index contributed by atoms with van der Waals surface area (Å²) in [5.41, 5.74) is 7.25. The van der Waals surface area contributed by atoms with E-state index in [0.29, 0.717) is 12.2 Å². The number of ether oxygens (including phenoxy) is 1. The number of benzene rings is 1. The summed E-state index contributed by atoms with van der Waals surface area (Å²) < 4.78 is 5.31. The minimum atomic E-state index is -0.422. The van der Waals surface area contributed by atoms with Gasteiger partial charge in [0.15, 0.2) is 0 Å². The first-order chi connectivity index (χ1) is 10.0. The van der Waals surface area contributed by atoms with E-state index in [4.69, 9.17) is 22.1 Å². The number of amides is 1. The van der Waals surface area contributed by atoms with Crippen molar-refractivity contribution in [1.82, 2.24) is 5.32 Å². The number of alkyl halides is 1. The molecule has 0 bridgehead atoms. The van der Waals surface area contributed by atoms with Crippen LogP contribution in [0.15, 0.2) is 18.2 Å². The second kappa shape index (κ2) is 5.48. The van der Waals surface area contributed by atoms with E-state index in [1.165, 1.54) is 0 Å². The zero-order valence-electron chi connectivity index (χ0n) is 12.1. The zero-order chi connectivity index (χ0) is 15.0. The smallest absolute Gasteiger partial charge is 0.249 e. The normalized spacial score (nSPS) is 29.0. The Hall–Kier alpha value is -1.30. The van der Waals surface area contributed by atoms with Gasteiger partial charge in [-0.15, -0.1) is 0 Å². The molecule has 0 spiro atoms. The van der Waals surface area contributed by atoms with Gasteiger partial charge in [-0.05, 0) is 30.7 Å². The lowest BCUT2D eigenvalue weighted by molar-refractivity contribution is -0.0810. The number of rotatable bonds is 3. The molecule has 2 atom stereocenters. The minimum Gasteiger partial charge on any atom is -0.369 e. The van der Waals surface area contributed by atoms with Crippen LogP contribution in [-0.2, 0) is 10.2 Å². The molecule has 2 aliphatic heterocycles. The summed E-state index contributed by atoms with van der Waals surface area (Å²) in [6.07, 6.45) is 0. The molecule has 21 heavy (non-hydrogen) atoms. The molecule has 6 heteroatoms. The van der Waals surface area contributed by atoms with Gasteiger partial charge >= 0.3 is 0 Å². The third kappa shape index (κ3) is 2.50. The summed E-state index contributed by atoms with van der Waals surface area (Å²) >= 11 is 6.21. The number of piperazine rings is 1. The fraction of sp³-hybridized carbons (Fsp3) is 0.533. The van der Waals surface area contributed by atoms with E-state index < -0.39 is 11.5 Å². The summed E-state index contributed by atoms with van der Waals surface area (Å²) in [5.74, 6) is -0.422. The number of nitrogens with one attached hydrogen (secondary N) is 1. The second-order valence-electron chi connectivity index (χ2n) is 5.88. The molecule has 0 radical (unpaired) electrons. The molecule has 2 unspecified atom stereocenters. The Kier molecular flexibility index (Phi) is 3.82. The van der Waals surface area contributed by atoms with Crippen molar-refractivity contribution >= 4 is 23.2 Å². The van der Waals surface area contributed by atoms with Crippen molar-refractivity contribution in [2.75, 3.05) is 37.7 Å². The highest BCUT2D eigenvalue weighted by Crippen LogP contribution is 2.43. The Balaban J connectivity index is 2.00. The van der Waals surface area contributed by atoms with E-state index in [2.05, 4.69) is 10.2 Å². The van der Waals surface area contributed by atoms with E-state index in [9.17, 15) is 4.79 Å². The number of hydrogen-bond donors (Lipinski definition) is 2. The molecule has 2 saturated heterocycles. The lowest BCUT2D eigenvalue weighted by Crippen LogP contribution is -2.51. The molecule has 1 aromatic rings. The van der Waals surface area contributed by atoms with Crippen molar-refractivity contribution in [3.63, 3.8) is 0 Å². The molecule has 2 heterocycles. The number of hydrogen-bond acceptors (Lipinski definition) is 4. The van der Waals surface area contributed by atoms with Crippen LogP contribution in [0.2, 0.25) is 0 Å². The van der Waals surface area contributed by atoms with Gasteiger partial charge in [0.2, 0.25) is 5.91 Å². The Morgan fingerprint density at radius 1 is 1.48 bits per heavy atom. The summed E-state index contributed by atoms with van der Waals surface area (Å²) in [6, 6.07) is 5.81. The van der Waals surface area contributed by atoms with Crippen molar-refractivity contribution in [3.8, 4) is 0 Å². The topological polar surface area (TPSA) is 67.6 Å². The quantitative estimate of drug-likeness (QED) is 0.819. The van der Waals surface area contributed by atoms with Crippen molar-refractivity contribution in [2.24, 2.45) is 5.73 Å². The number of nitrogens with two attached hydrogens (primary N) is 1. The summed E-state index contributed by atoms with van der Waals surface area (Å²) in [4.78, 5) is 14.0. The summed E-state index contributed by atoms with van der Waals surface area (Å²) in [6.45, 7) is 6.35. The molecular formula is C15H20ClN3O2. The van der Waals surface area contributed by atoms with E-state index in [1.807, 2.05) is 25.1 Å². The molecule has 1 amide bonds. The van der Waals surface area contributed by atoms with Crippen LogP contribution in [0.25, 0.3) is 0 Å². The van der Waals surface area contributed by atoms with Crippen LogP contribution in [0.5, 0.6) is 0 Å². The lowest BCUT2D eigenvalue weighted by Gasteiger charge is -2.44. The number of carbonyl (C=O) groups excluding carboxylic acids is 1. The number of anilines is 1. The van der Waals surface area contributed by atoms with Crippen LogP contribution in [0.1, 0.15) is 22.8 Å². The van der Waals surface area contributed by atoms with Gasteiger partial charge in [-0.2, -0.15) is 0 Å². The van der Waals surface area contributed by atoms with Crippen LogP contribution < -0.4 is 16.0 Å². The third-order valence-corrected chi connectivity index (χ3v) is 5.00. The summed E-state index contributed by atoms with van der Waals surface area (Å²) in [7, 11) is 0. The average molecular weight is 310 g/mol. The largest absolute Gasteiger partial charge is 0.369 e. The lowest BCUT2D eigenvalue weighted by atomic mass is 9.77. The van der Waals surface area contributed by atoms with Crippen LogP contribution in [0, 0.1) is 0 Å². The Bertz CT molecular complexity index is 560. The Morgan fingerprint density at radius 2 is 2.19 bits per heavy atom. The zero-order valence-corrected chi connectivity index (χ0v) is 12.8. The predicted octanol–water partition coefficient (Wildman–Crippen LogP) is 1.05. The third-order valence-electron chi connectivity index (χ3n) is 4.40. The number of carbonyl (C=O) groups is 1. The monoisotopic (exact) mass is 309 g/mol. The highest BCUT2D eigenvalue weighted by Gasteiger charge is 2.46. The molecule has 0 saturated carbocycles. The highest BCUT2D eigenvalue weighted by molar-refractivity contribution is 6.21. The van der Waals surface area contributed by atoms with Crippen molar-refractivity contribution in [3.05, 3.63) is 29.3 Å². The Morgan fingerprint density at radius 3 is 2.71 bits per heavy atom. The molecule has 1 aromatic carbocycles. The van der Waals surface area contributed by atoms with Crippen LogP contribution >= 0.6 is 11.6 Å². The van der Waals surface area contributed by atoms with Crippen molar-refractivity contribution in [2.45, 2.75) is 17.9 Å². The minimum absolute atomic E-state index is 0.365. The van der Waals surface area contributed by atoms with Crippen LogP contribution in [0.3, 0.4) is 0 Å². The standard InChI is InChI=1S/C15H20ClN3O2/c1-15(9-21-14(15)16)12-8-10(2-3-11(12)13(17)20)19-6-4-18-5-7-19/h2-3,8,14,18H,4-7,9H2,1H3,(H2,17,20). The predicted molar refractivity (Wildman–Crippen MR) is 83.0 cm³/mol. The highest BCUT2D eigenvalue weighted by atomic mass is 35.5. The van der Waals surface area contributed by atoms with Crippen LogP contribution in [0.4, 0.5) is 5.69 Å². The summed E-state index contributed by atoms with van der Waals surface area (Å²) in [5, 5.41) is 3.33. The first-order valence-electron chi connectivity index (χ1n) is 7.18. The van der Waals surface area contributed by atoms with E-state index in [1.54, 1.807) is 0 Å². The molecule has 3 N–H and O–H groups in total. The number of primary amides is 1. The van der Waals surface area contributed by atoms with Gasteiger partial charge in [0.25, 0.3) is 0 Å². The molecule has 2 fully saturated rings. The van der Waals surface area contributed by atoms with Crippen molar-refractivity contribution in [1.29, 1.82) is 0 Å². The molecule has 0 aliphatic carbocycles. The van der Waals surface area contributed by atoms with Gasteiger partial charge in [0.05, 0.1) is 12.0 Å². The van der Waals surface area contributed by atoms with Crippen molar-refractivity contribution < 1.29 is 9.53 Å². The second-order valence-corrected chi connectivity index (χ2v) is 6.27. The molecule has 0 aromatic heterocycles. The molecule has 2 aliphatic rings. The maximum atomic E-state index is 11.7. The SMILES string of the molecule is CC1(c2cc(N3CCNCC3)ccc2C(N)=O)COC1Cl. The first-order valence-corrected chi connectivity index (χ1v) is 7.62. The average Bonchev–Trinajstić information content (AvgIpc) is 2.52. The van der Waals surface area contributed by atoms with E-state index >= 15 is 0 Å². The van der Waals surface area contributed by atoms with Gasteiger partial charge in [-0.25, -0.2) is 0 Å². The van der Waals surface area contributed by atoms with Crippen LogP contribution in [-0.4, -0.2) is 44.3 Å². The van der Waals surface area contributed by atoms with Gasteiger partial charge in [-0.1, -0.05) is 11.6 Å². The molecule has 3 rings (SSSR count). The molecule has 5 nitrogen and oxygen atoms in total. The fourth-order valence-electron chi connectivity index (χ4n) is 2.94. The molecule has 114 valence electrons. The van der Waals surface area contributed by atoms with E-state index in [-0.39, 0.29) is 5.41 Å². The maximum Gasteiger partial charge on any atom is 0.249 e. The molecular weight excluding hydrogens is 290 g/mol. The van der Waals surface area contributed by atoms with Gasteiger partial charge < -0.3 is 20.7 Å². The van der Waals surface area contributed by atoms with Gasteiger partial charge in [0.1, 0.15) is 5.56 Å². The number of halogens is 1. The Labute approximate surface area is 129 Å². The first kappa shape index (κ1) is 14.6. The fourth-order valence-corrected chi connectivity index (χ4v) is 3.18. The van der Waals surface area contributed by atoms with Gasteiger partial charge in [-0.3, -0.25) is 4.79 Å². The maximum absolute atomic E-state index is 11.7. The number of nitrogens with zero attached hydrogens (tertiary/aromatic N) is 1. The van der Waals surface area contributed by atoms with Gasteiger partial charge in [0, 0.05) is 37.4 Å². The van der Waals surface area contributed by atoms with E-state index in [0.717, 1.165) is 37.4 Å².